The minimum atomic E-state index is -0.682. The molecule has 8 nitrogen and oxygen atoms in total. The molecule has 0 saturated heterocycles. The summed E-state index contributed by atoms with van der Waals surface area (Å²) in [5, 5.41) is 18.7. The Morgan fingerprint density at radius 2 is 2.03 bits per heavy atom. The summed E-state index contributed by atoms with van der Waals surface area (Å²) in [6, 6.07) is 9.94. The number of rotatable bonds is 7. The number of ether oxygens (including phenoxy) is 1. The molecular weight excluding hydrogens is 448 g/mol. The quantitative estimate of drug-likeness (QED) is 0.373. The molecule has 1 N–H and O–H groups in total. The van der Waals surface area contributed by atoms with E-state index < -0.39 is 17.8 Å². The highest BCUT2D eigenvalue weighted by molar-refractivity contribution is 6.33. The predicted molar refractivity (Wildman–Crippen MR) is 120 cm³/mol. The Hall–Kier alpha value is -3.67. The van der Waals surface area contributed by atoms with Gasteiger partial charge in [-0.2, -0.15) is 5.26 Å². The fraction of sp³-hybridized carbons (Fsp3) is 0.250. The highest BCUT2D eigenvalue weighted by Crippen LogP contribution is 2.31. The molecule has 2 aromatic rings. The van der Waals surface area contributed by atoms with Gasteiger partial charge in [0, 0.05) is 24.3 Å². The summed E-state index contributed by atoms with van der Waals surface area (Å²) in [7, 11) is 0. The van der Waals surface area contributed by atoms with E-state index in [4.69, 9.17) is 25.9 Å². The van der Waals surface area contributed by atoms with Crippen LogP contribution in [0.3, 0.4) is 0 Å². The topological polar surface area (TPSA) is 121 Å². The van der Waals surface area contributed by atoms with Gasteiger partial charge in [0.15, 0.2) is 0 Å². The highest BCUT2D eigenvalue weighted by Gasteiger charge is 2.35. The second-order valence-electron chi connectivity index (χ2n) is 7.13. The second kappa shape index (κ2) is 10.3. The Kier molecular flexibility index (Phi) is 7.48. The van der Waals surface area contributed by atoms with Crippen molar-refractivity contribution >= 4 is 35.5 Å². The molecule has 0 bridgehead atoms. The van der Waals surface area contributed by atoms with Crippen LogP contribution in [0.25, 0.3) is 17.4 Å². The van der Waals surface area contributed by atoms with Gasteiger partial charge in [-0.25, -0.2) is 4.79 Å². The lowest BCUT2D eigenvalue weighted by atomic mass is 9.94. The number of aliphatic hydroxyl groups is 1. The van der Waals surface area contributed by atoms with E-state index in [1.807, 2.05) is 6.07 Å². The Morgan fingerprint density at radius 3 is 2.70 bits per heavy atom. The van der Waals surface area contributed by atoms with Crippen molar-refractivity contribution in [3.05, 3.63) is 63.4 Å². The number of aliphatic hydroxyl groups excluding tert-OH is 1. The van der Waals surface area contributed by atoms with E-state index in [0.717, 1.165) is 4.90 Å². The van der Waals surface area contributed by atoms with Crippen molar-refractivity contribution in [2.24, 2.45) is 0 Å². The van der Waals surface area contributed by atoms with Crippen LogP contribution >= 0.6 is 11.6 Å². The first-order valence-electron chi connectivity index (χ1n) is 10.2. The highest BCUT2D eigenvalue weighted by atomic mass is 35.5. The first-order valence-corrected chi connectivity index (χ1v) is 10.6. The number of nitrogens with zero attached hydrogens (tertiary/aromatic N) is 2. The van der Waals surface area contributed by atoms with E-state index >= 15 is 0 Å². The van der Waals surface area contributed by atoms with Crippen LogP contribution in [0.5, 0.6) is 0 Å². The fourth-order valence-corrected chi connectivity index (χ4v) is 3.53. The molecule has 170 valence electrons. The molecule has 1 aliphatic rings. The van der Waals surface area contributed by atoms with Gasteiger partial charge in [-0.1, -0.05) is 11.6 Å². The first kappa shape index (κ1) is 24.0. The van der Waals surface area contributed by atoms with E-state index in [9.17, 15) is 19.6 Å². The summed E-state index contributed by atoms with van der Waals surface area (Å²) >= 11 is 6.11. The van der Waals surface area contributed by atoms with Crippen molar-refractivity contribution in [3.8, 4) is 17.4 Å². The maximum absolute atomic E-state index is 12.9. The number of benzene rings is 1. The number of carbonyl (C=O) groups is 3. The number of imide groups is 1. The summed E-state index contributed by atoms with van der Waals surface area (Å²) in [6.07, 6.45) is 1.66. The molecule has 0 aliphatic carbocycles. The minimum absolute atomic E-state index is 0.00518. The Labute approximate surface area is 195 Å². The zero-order chi connectivity index (χ0) is 24.1. The lowest BCUT2D eigenvalue weighted by Gasteiger charge is -2.27. The Bertz CT molecular complexity index is 1220. The number of hydrogen-bond donors (Lipinski definition) is 1. The predicted octanol–water partition coefficient (Wildman–Crippen LogP) is 3.75. The normalized spacial score (nSPS) is 15.2. The van der Waals surface area contributed by atoms with Crippen molar-refractivity contribution in [1.29, 1.82) is 5.26 Å². The van der Waals surface area contributed by atoms with Gasteiger partial charge in [-0.3, -0.25) is 14.5 Å². The van der Waals surface area contributed by atoms with Crippen molar-refractivity contribution in [1.82, 2.24) is 4.90 Å². The van der Waals surface area contributed by atoms with Gasteiger partial charge in [0.05, 0.1) is 17.2 Å². The minimum Gasteiger partial charge on any atom is -0.462 e. The van der Waals surface area contributed by atoms with Crippen LogP contribution in [0.1, 0.15) is 36.4 Å². The molecule has 2 amide bonds. The van der Waals surface area contributed by atoms with Gasteiger partial charge in [0.25, 0.3) is 11.8 Å². The number of esters is 1. The third kappa shape index (κ3) is 4.90. The van der Waals surface area contributed by atoms with Crippen LogP contribution in [-0.2, 0) is 14.3 Å². The van der Waals surface area contributed by atoms with Crippen molar-refractivity contribution in [3.63, 3.8) is 0 Å². The SMILES string of the molecule is CCOC(=O)c1cc(-c2ccc(C=C3C(=O)N(CCCO)C(=O)C(C#N)=C3C)o2)ccc1Cl. The van der Waals surface area contributed by atoms with Crippen molar-refractivity contribution < 1.29 is 28.6 Å². The third-order valence-electron chi connectivity index (χ3n) is 5.02. The largest absolute Gasteiger partial charge is 0.462 e. The molecule has 3 rings (SSSR count). The smallest absolute Gasteiger partial charge is 0.339 e. The number of hydrogen-bond acceptors (Lipinski definition) is 7. The van der Waals surface area contributed by atoms with Crippen LogP contribution in [0.2, 0.25) is 5.02 Å². The molecule has 0 fully saturated rings. The first-order chi connectivity index (χ1) is 15.8. The van der Waals surface area contributed by atoms with E-state index in [0.29, 0.717) is 17.1 Å². The molecule has 1 aliphatic heterocycles. The molecule has 1 aromatic carbocycles. The number of amides is 2. The zero-order valence-electron chi connectivity index (χ0n) is 18.1. The maximum Gasteiger partial charge on any atom is 0.339 e. The average molecular weight is 469 g/mol. The van der Waals surface area contributed by atoms with Crippen LogP contribution in [0, 0.1) is 11.3 Å². The van der Waals surface area contributed by atoms with Crippen LogP contribution in [0.4, 0.5) is 0 Å². The summed E-state index contributed by atoms with van der Waals surface area (Å²) in [6.45, 7) is 3.23. The maximum atomic E-state index is 12.9. The van der Waals surface area contributed by atoms with Crippen molar-refractivity contribution in [2.75, 3.05) is 19.8 Å². The van der Waals surface area contributed by atoms with Gasteiger partial charge in [-0.05, 0) is 62.2 Å². The molecular formula is C24H21ClN2O6. The van der Waals surface area contributed by atoms with Gasteiger partial charge < -0.3 is 14.3 Å². The number of halogens is 1. The van der Waals surface area contributed by atoms with E-state index in [2.05, 4.69) is 0 Å². The molecule has 1 aromatic heterocycles. The Morgan fingerprint density at radius 1 is 1.27 bits per heavy atom. The third-order valence-corrected chi connectivity index (χ3v) is 5.35. The number of carbonyl (C=O) groups excluding carboxylic acids is 3. The molecule has 9 heteroatoms. The van der Waals surface area contributed by atoms with E-state index in [1.54, 1.807) is 37.3 Å². The molecule has 0 radical (unpaired) electrons. The fourth-order valence-electron chi connectivity index (χ4n) is 3.33. The molecule has 0 atom stereocenters. The van der Waals surface area contributed by atoms with Gasteiger partial charge >= 0.3 is 5.97 Å². The van der Waals surface area contributed by atoms with Crippen LogP contribution in [-0.4, -0.2) is 47.5 Å². The monoisotopic (exact) mass is 468 g/mol. The van der Waals surface area contributed by atoms with Gasteiger partial charge in [-0.15, -0.1) is 0 Å². The lowest BCUT2D eigenvalue weighted by Crippen LogP contribution is -2.43. The second-order valence-corrected chi connectivity index (χ2v) is 7.53. The number of furan rings is 1. The van der Waals surface area contributed by atoms with Gasteiger partial charge in [0.1, 0.15) is 23.2 Å². The van der Waals surface area contributed by atoms with E-state index in [1.165, 1.54) is 13.0 Å². The van der Waals surface area contributed by atoms with E-state index in [-0.39, 0.29) is 53.5 Å². The van der Waals surface area contributed by atoms with Crippen LogP contribution in [0.15, 0.2) is 51.5 Å². The molecule has 0 saturated carbocycles. The summed E-state index contributed by atoms with van der Waals surface area (Å²) in [4.78, 5) is 38.5. The lowest BCUT2D eigenvalue weighted by molar-refractivity contribution is -0.140. The molecule has 0 spiro atoms. The average Bonchev–Trinajstić information content (AvgIpc) is 3.26. The number of nitriles is 1. The molecule has 33 heavy (non-hydrogen) atoms. The van der Waals surface area contributed by atoms with Gasteiger partial charge in [0.2, 0.25) is 0 Å². The summed E-state index contributed by atoms with van der Waals surface area (Å²) in [5.74, 6) is -1.07. The van der Waals surface area contributed by atoms with Crippen molar-refractivity contribution in [2.45, 2.75) is 20.3 Å². The zero-order valence-corrected chi connectivity index (χ0v) is 18.8. The standard InChI is InChI=1S/C24H21ClN2O6/c1-3-32-24(31)18-11-15(5-7-20(18)25)21-8-6-16(33-21)12-17-14(2)19(13-26)23(30)27(22(17)29)9-4-10-28/h5-8,11-12,28H,3-4,9-10H2,1-2H3. The summed E-state index contributed by atoms with van der Waals surface area (Å²) < 4.78 is 10.9. The van der Waals surface area contributed by atoms with Crippen LogP contribution < -0.4 is 0 Å². The molecule has 0 unspecified atom stereocenters. The molecule has 2 heterocycles. The summed E-state index contributed by atoms with van der Waals surface area (Å²) in [5.41, 5.74) is 1.04. The Balaban J connectivity index is 1.98.